The lowest BCUT2D eigenvalue weighted by atomic mass is 10.1. The van der Waals surface area contributed by atoms with Crippen LogP contribution in [0.2, 0.25) is 0 Å². The van der Waals surface area contributed by atoms with Crippen LogP contribution < -0.4 is 0 Å². The second-order valence-corrected chi connectivity index (χ2v) is 27.5. The van der Waals surface area contributed by atoms with Crippen molar-refractivity contribution in [3.63, 3.8) is 0 Å². The Hall–Kier alpha value is -10.4. The highest BCUT2D eigenvalue weighted by Crippen LogP contribution is 2.78. The van der Waals surface area contributed by atoms with Crippen LogP contribution in [0, 0.1) is 0 Å². The Morgan fingerprint density at radius 3 is 0.698 bits per heavy atom. The molecule has 0 saturated carbocycles. The van der Waals surface area contributed by atoms with Crippen molar-refractivity contribution >= 4 is 20.1 Å². The Kier molecular flexibility index (Phi) is 15.0. The van der Waals surface area contributed by atoms with Crippen LogP contribution >= 0.6 is 20.1 Å². The number of hydrogen-bond donors (Lipinski definition) is 0. The van der Waals surface area contributed by atoms with Gasteiger partial charge in [-0.1, -0.05) is 267 Å². The van der Waals surface area contributed by atoms with Crippen molar-refractivity contribution in [3.05, 3.63) is 364 Å². The van der Waals surface area contributed by atoms with Crippen molar-refractivity contribution < 1.29 is 0 Å². The van der Waals surface area contributed by atoms with Gasteiger partial charge in [-0.15, -0.1) is 20.1 Å². The molecule has 0 N–H and O–H groups in total. The van der Waals surface area contributed by atoms with Crippen molar-refractivity contribution in [1.82, 2.24) is 9.97 Å². The first-order valence-corrected chi connectivity index (χ1v) is 32.4. The zero-order valence-electron chi connectivity index (χ0n) is 47.4. The maximum Gasteiger partial charge on any atom is 0.160 e. The van der Waals surface area contributed by atoms with Crippen LogP contribution in [0.25, 0.3) is 78.4 Å². The van der Waals surface area contributed by atoms with E-state index in [4.69, 9.17) is 9.97 Å². The molecule has 14 aromatic rings. The van der Waals surface area contributed by atoms with E-state index in [-0.39, 0.29) is 0 Å². The molecule has 0 bridgehead atoms. The van der Waals surface area contributed by atoms with E-state index in [2.05, 4.69) is 364 Å². The van der Waals surface area contributed by atoms with Gasteiger partial charge in [-0.2, -0.15) is 0 Å². The highest BCUT2D eigenvalue weighted by molar-refractivity contribution is 8.34. The first kappa shape index (κ1) is 53.6. The van der Waals surface area contributed by atoms with Crippen molar-refractivity contribution in [2.75, 3.05) is 0 Å². The minimum absolute atomic E-state index is 0.662. The summed E-state index contributed by atoms with van der Waals surface area (Å²) in [4.78, 5) is 20.7. The van der Waals surface area contributed by atoms with Crippen molar-refractivity contribution in [2.45, 2.75) is 39.2 Å². The minimum atomic E-state index is -2.49. The molecule has 0 aliphatic heterocycles. The Morgan fingerprint density at radius 1 is 0.151 bits per heavy atom. The molecular weight excluding hydrogens is 1080 g/mol. The van der Waals surface area contributed by atoms with Gasteiger partial charge in [0.15, 0.2) is 5.82 Å². The van der Waals surface area contributed by atoms with E-state index in [1.807, 2.05) is 0 Å². The molecule has 0 atom stereocenters. The Bertz CT molecular complexity index is 4150. The number of rotatable bonds is 15. The molecule has 14 rings (SSSR count). The molecule has 4 heteroatoms. The second kappa shape index (κ2) is 24.1. The molecule has 1 heterocycles. The summed E-state index contributed by atoms with van der Waals surface area (Å²) in [5.41, 5.74) is 13.9. The predicted molar refractivity (Wildman–Crippen MR) is 360 cm³/mol. The summed E-state index contributed by atoms with van der Waals surface area (Å²) < 4.78 is 0. The van der Waals surface area contributed by atoms with Gasteiger partial charge in [-0.25, -0.2) is 9.97 Å². The standard InChI is InChI=1S/C82H60N2S2/c1-9-29-61(30-10-1)67-41-25-49-74(53-67)85(72-45-21-7-22-46-72,75-50-26-42-68(54-75)62-31-11-2-12-32-62)78-57-71(81-60-80(65-37-17-5-18-38-65)83-82(84-81)66-39-19-6-20-40-66)58-79(59-78)86(73-47-23-8-24-48-73,76-51-27-43-69(55-76)63-33-13-3-14-34-63)77-52-28-44-70(56-77)64-35-15-4-16-36-64/h1-60H. The van der Waals surface area contributed by atoms with Gasteiger partial charge < -0.3 is 0 Å². The van der Waals surface area contributed by atoms with Crippen LogP contribution in [0.3, 0.4) is 0 Å². The first-order valence-electron chi connectivity index (χ1n) is 29.2. The van der Waals surface area contributed by atoms with Crippen LogP contribution in [0.15, 0.2) is 403 Å². The van der Waals surface area contributed by atoms with Gasteiger partial charge in [-0.05, 0) is 142 Å². The Morgan fingerprint density at radius 2 is 0.384 bits per heavy atom. The molecule has 1 aromatic heterocycles. The van der Waals surface area contributed by atoms with E-state index in [1.165, 1.54) is 39.2 Å². The van der Waals surface area contributed by atoms with Crippen molar-refractivity contribution in [1.29, 1.82) is 0 Å². The average molecular weight is 1140 g/mol. The van der Waals surface area contributed by atoms with E-state index < -0.39 is 20.1 Å². The molecule has 0 saturated heterocycles. The molecule has 2 nitrogen and oxygen atoms in total. The zero-order valence-corrected chi connectivity index (χ0v) is 49.0. The average Bonchev–Trinajstić information content (AvgIpc) is 0.967. The first-order chi connectivity index (χ1) is 42.6. The molecule has 0 aliphatic rings. The van der Waals surface area contributed by atoms with E-state index in [9.17, 15) is 0 Å². The van der Waals surface area contributed by atoms with Crippen LogP contribution in [-0.2, 0) is 0 Å². The molecule has 0 unspecified atom stereocenters. The molecule has 13 aromatic carbocycles. The summed E-state index contributed by atoms with van der Waals surface area (Å²) in [6.07, 6.45) is 0. The molecule has 0 aliphatic carbocycles. The lowest BCUT2D eigenvalue weighted by Crippen LogP contribution is -2.10. The molecule has 0 spiro atoms. The largest absolute Gasteiger partial charge is 0.228 e. The van der Waals surface area contributed by atoms with E-state index in [0.717, 1.165) is 72.6 Å². The van der Waals surface area contributed by atoms with Gasteiger partial charge in [0.2, 0.25) is 0 Å². The summed E-state index contributed by atoms with van der Waals surface area (Å²) in [5, 5.41) is 0. The highest BCUT2D eigenvalue weighted by atomic mass is 32.3. The van der Waals surface area contributed by atoms with Gasteiger partial charge >= 0.3 is 0 Å². The fourth-order valence-electron chi connectivity index (χ4n) is 12.0. The summed E-state index contributed by atoms with van der Waals surface area (Å²) in [6, 6.07) is 134. The quantitative estimate of drug-likeness (QED) is 0.102. The summed E-state index contributed by atoms with van der Waals surface area (Å²) >= 11 is 0. The molecular formula is C82H60N2S2. The number of nitrogens with zero attached hydrogens (tertiary/aromatic N) is 2. The van der Waals surface area contributed by atoms with Crippen molar-refractivity contribution in [3.8, 4) is 78.4 Å². The Balaban J connectivity index is 1.18. The number of hydrogen-bond acceptors (Lipinski definition) is 2. The van der Waals surface area contributed by atoms with E-state index in [1.54, 1.807) is 0 Å². The van der Waals surface area contributed by atoms with E-state index in [0.29, 0.717) is 5.82 Å². The van der Waals surface area contributed by atoms with Gasteiger partial charge in [0.25, 0.3) is 0 Å². The van der Waals surface area contributed by atoms with Crippen LogP contribution in [0.1, 0.15) is 0 Å². The zero-order chi connectivity index (χ0) is 57.5. The topological polar surface area (TPSA) is 25.8 Å². The number of benzene rings is 13. The van der Waals surface area contributed by atoms with Gasteiger partial charge in [-0.3, -0.25) is 0 Å². The fraction of sp³-hybridized carbons (Fsp3) is 0. The van der Waals surface area contributed by atoms with E-state index >= 15 is 0 Å². The predicted octanol–water partition coefficient (Wildman–Crippen LogP) is 22.8. The monoisotopic (exact) mass is 1140 g/mol. The molecule has 410 valence electrons. The molecule has 0 fully saturated rings. The Labute approximate surface area is 508 Å². The maximum absolute atomic E-state index is 5.70. The number of aromatic nitrogens is 2. The molecule has 86 heavy (non-hydrogen) atoms. The smallest absolute Gasteiger partial charge is 0.160 e. The third-order valence-electron chi connectivity index (χ3n) is 16.1. The third kappa shape index (κ3) is 10.4. The van der Waals surface area contributed by atoms with Gasteiger partial charge in [0.05, 0.1) is 11.4 Å². The third-order valence-corrected chi connectivity index (χ3v) is 23.8. The summed E-state index contributed by atoms with van der Waals surface area (Å²) in [5.74, 6) is 0.662. The SMILES string of the molecule is c1ccc(-c2cccc(S(c3ccccc3)(c3cccc(-c4ccccc4)c3)c3cc(-c4cc(-c5ccccc5)nc(-c5ccccc5)n4)cc(S(c4ccccc4)(c4cccc(-c5ccccc5)c4)c4cccc(-c5ccccc5)c4)c3)c2)cc1. The van der Waals surface area contributed by atoms with Gasteiger partial charge in [0.1, 0.15) is 0 Å². The van der Waals surface area contributed by atoms with Crippen molar-refractivity contribution in [2.24, 2.45) is 0 Å². The molecule has 0 amide bonds. The lowest BCUT2D eigenvalue weighted by Gasteiger charge is -2.46. The lowest BCUT2D eigenvalue weighted by molar-refractivity contribution is 1.16. The highest BCUT2D eigenvalue weighted by Gasteiger charge is 2.39. The molecule has 0 radical (unpaired) electrons. The summed E-state index contributed by atoms with van der Waals surface area (Å²) in [7, 11) is -4.98. The van der Waals surface area contributed by atoms with Crippen LogP contribution in [0.5, 0.6) is 0 Å². The maximum atomic E-state index is 5.70. The van der Waals surface area contributed by atoms with Crippen LogP contribution in [-0.4, -0.2) is 9.97 Å². The second-order valence-electron chi connectivity index (χ2n) is 21.3. The fourth-order valence-corrected chi connectivity index (χ4v) is 20.0. The van der Waals surface area contributed by atoms with Crippen LogP contribution in [0.4, 0.5) is 0 Å². The normalized spacial score (nSPS) is 11.9. The minimum Gasteiger partial charge on any atom is -0.228 e. The summed E-state index contributed by atoms with van der Waals surface area (Å²) in [6.45, 7) is 0. The van der Waals surface area contributed by atoms with Gasteiger partial charge in [0, 0.05) is 55.9 Å².